The average Bonchev–Trinajstić information content (AvgIpc) is 2.91. The third kappa shape index (κ3) is 6.51. The first kappa shape index (κ1) is 29.2. The number of hydrogen-bond donors (Lipinski definition) is 1. The fourth-order valence-corrected chi connectivity index (χ4v) is 8.26. The summed E-state index contributed by atoms with van der Waals surface area (Å²) in [7, 11) is -2.37. The van der Waals surface area contributed by atoms with Crippen molar-refractivity contribution in [1.82, 2.24) is 4.31 Å². The Bertz CT molecular complexity index is 1400. The summed E-state index contributed by atoms with van der Waals surface area (Å²) in [4.78, 5) is 12.7. The van der Waals surface area contributed by atoms with Gasteiger partial charge in [0.15, 0.2) is 0 Å². The molecule has 1 heterocycles. The minimum absolute atomic E-state index is 0.0566. The molecule has 0 saturated carbocycles. The molecule has 3 aromatic rings. The van der Waals surface area contributed by atoms with E-state index in [4.69, 9.17) is 4.74 Å². The zero-order valence-electron chi connectivity index (χ0n) is 23.1. The summed E-state index contributed by atoms with van der Waals surface area (Å²) in [5, 5.41) is 9.95. The van der Waals surface area contributed by atoms with Crippen molar-refractivity contribution in [3.05, 3.63) is 95.1 Å². The van der Waals surface area contributed by atoms with Crippen LogP contribution in [0.4, 0.5) is 0 Å². The first-order chi connectivity index (χ1) is 18.4. The highest BCUT2D eigenvalue weighted by Gasteiger charge is 2.45. The maximum absolute atomic E-state index is 14.0. The van der Waals surface area contributed by atoms with Crippen LogP contribution in [0.3, 0.4) is 0 Å². The van der Waals surface area contributed by atoms with E-state index < -0.39 is 28.0 Å². The summed E-state index contributed by atoms with van der Waals surface area (Å²) >= 11 is 1.59. The van der Waals surface area contributed by atoms with Gasteiger partial charge in [0.2, 0.25) is 10.0 Å². The molecule has 0 spiro atoms. The molecule has 4 rings (SSSR count). The number of carboxylic acid groups (broad SMARTS) is 1. The van der Waals surface area contributed by atoms with Crippen LogP contribution in [-0.4, -0.2) is 42.7 Å². The van der Waals surface area contributed by atoms with Crippen molar-refractivity contribution in [2.45, 2.75) is 61.5 Å². The molecule has 0 bridgehead atoms. The van der Waals surface area contributed by atoms with E-state index in [0.29, 0.717) is 23.5 Å². The minimum atomic E-state index is -3.95. The molecule has 1 aliphatic heterocycles. The second-order valence-electron chi connectivity index (χ2n) is 11.1. The van der Waals surface area contributed by atoms with Crippen molar-refractivity contribution < 1.29 is 23.1 Å². The summed E-state index contributed by atoms with van der Waals surface area (Å²) in [5.41, 5.74) is 3.87. The van der Waals surface area contributed by atoms with Gasteiger partial charge in [0.1, 0.15) is 5.75 Å². The maximum atomic E-state index is 14.0. The molecule has 1 aliphatic rings. The Kier molecular flexibility index (Phi) is 8.78. The van der Waals surface area contributed by atoms with E-state index in [9.17, 15) is 18.3 Å². The molecular weight excluding hydrogens is 530 g/mol. The van der Waals surface area contributed by atoms with Crippen molar-refractivity contribution in [2.75, 3.05) is 13.7 Å². The van der Waals surface area contributed by atoms with Crippen molar-refractivity contribution in [1.29, 1.82) is 0 Å². The Morgan fingerprint density at radius 1 is 1.03 bits per heavy atom. The second-order valence-corrected chi connectivity index (χ2v) is 14.2. The molecule has 0 aliphatic carbocycles. The molecule has 0 aromatic heterocycles. The number of nitrogens with zero attached hydrogens (tertiary/aromatic N) is 1. The van der Waals surface area contributed by atoms with E-state index in [2.05, 4.69) is 45.0 Å². The summed E-state index contributed by atoms with van der Waals surface area (Å²) in [6.07, 6.45) is 0.388. The number of aryl methyl sites for hydroxylation is 1. The van der Waals surface area contributed by atoms with E-state index in [1.54, 1.807) is 50.1 Å². The second kappa shape index (κ2) is 11.7. The molecule has 8 heteroatoms. The number of carbonyl (C=O) groups is 1. The molecule has 0 unspecified atom stereocenters. The van der Waals surface area contributed by atoms with Crippen molar-refractivity contribution >= 4 is 27.8 Å². The van der Waals surface area contributed by atoms with Crippen molar-refractivity contribution in [3.8, 4) is 5.75 Å². The van der Waals surface area contributed by atoms with Gasteiger partial charge in [0, 0.05) is 17.5 Å². The third-order valence-electron chi connectivity index (χ3n) is 7.41. The van der Waals surface area contributed by atoms with Crippen LogP contribution in [-0.2, 0) is 26.0 Å². The van der Waals surface area contributed by atoms with Crippen LogP contribution >= 0.6 is 11.8 Å². The quantitative estimate of drug-likeness (QED) is 0.337. The number of hydrogen-bond acceptors (Lipinski definition) is 5. The lowest BCUT2D eigenvalue weighted by molar-refractivity contribution is -0.143. The Morgan fingerprint density at radius 3 is 2.23 bits per heavy atom. The Hall–Kier alpha value is -2.81. The number of benzene rings is 3. The molecule has 3 aromatic carbocycles. The topological polar surface area (TPSA) is 83.9 Å². The lowest BCUT2D eigenvalue weighted by Crippen LogP contribution is -2.49. The van der Waals surface area contributed by atoms with E-state index >= 15 is 0 Å². The predicted octanol–water partition coefficient (Wildman–Crippen LogP) is 6.44. The molecular formula is C31H37NO5S2. The Morgan fingerprint density at radius 2 is 1.67 bits per heavy atom. The zero-order chi connectivity index (χ0) is 28.4. The van der Waals surface area contributed by atoms with E-state index in [1.165, 1.54) is 9.87 Å². The van der Waals surface area contributed by atoms with Gasteiger partial charge < -0.3 is 9.84 Å². The van der Waals surface area contributed by atoms with E-state index in [0.717, 1.165) is 11.1 Å². The molecule has 0 amide bonds. The Labute approximate surface area is 236 Å². The highest BCUT2D eigenvalue weighted by Crippen LogP contribution is 2.43. The van der Waals surface area contributed by atoms with Gasteiger partial charge in [0.05, 0.1) is 24.0 Å². The first-order valence-electron chi connectivity index (χ1n) is 13.1. The maximum Gasteiger partial charge on any atom is 0.308 e. The number of carboxylic acids is 1. The van der Waals surface area contributed by atoms with Gasteiger partial charge in [-0.2, -0.15) is 16.1 Å². The molecule has 3 atom stereocenters. The Balaban J connectivity index is 1.67. The van der Waals surface area contributed by atoms with Crippen LogP contribution in [0.15, 0.2) is 77.7 Å². The fraction of sp³-hybridized carbons (Fsp3) is 0.387. The fourth-order valence-electron chi connectivity index (χ4n) is 5.03. The zero-order valence-corrected chi connectivity index (χ0v) is 24.8. The molecule has 6 nitrogen and oxygen atoms in total. The van der Waals surface area contributed by atoms with E-state index in [-0.39, 0.29) is 22.1 Å². The number of ether oxygens (including phenoxy) is 1. The molecule has 1 N–H and O–H groups in total. The number of piperidine rings is 1. The summed E-state index contributed by atoms with van der Waals surface area (Å²) in [6, 6.07) is 22.2. The summed E-state index contributed by atoms with van der Waals surface area (Å²) < 4.78 is 34.7. The van der Waals surface area contributed by atoms with Crippen LogP contribution in [0.1, 0.15) is 55.5 Å². The SMILES string of the molecule is COc1ccc([C@@H]2C[C@@H](SCc3ccc(C(C)(C)C)cc3)[C@H](C(=O)O)CN2S(=O)(=O)c2ccccc2C)cc1. The van der Waals surface area contributed by atoms with Gasteiger partial charge in [-0.25, -0.2) is 8.42 Å². The average molecular weight is 568 g/mol. The normalized spacial score (nSPS) is 20.5. The molecule has 0 radical (unpaired) electrons. The van der Waals surface area contributed by atoms with Gasteiger partial charge >= 0.3 is 5.97 Å². The summed E-state index contributed by atoms with van der Waals surface area (Å²) in [5.74, 6) is -0.486. The summed E-state index contributed by atoms with van der Waals surface area (Å²) in [6.45, 7) is 8.19. The lowest BCUT2D eigenvalue weighted by Gasteiger charge is -2.42. The predicted molar refractivity (Wildman–Crippen MR) is 157 cm³/mol. The van der Waals surface area contributed by atoms with Gasteiger partial charge in [-0.3, -0.25) is 4.79 Å². The van der Waals surface area contributed by atoms with Gasteiger partial charge in [-0.15, -0.1) is 0 Å². The first-order valence-corrected chi connectivity index (χ1v) is 15.6. The number of aliphatic carboxylic acids is 1. The number of rotatable bonds is 8. The number of methoxy groups -OCH3 is 1. The standard InChI is InChI=1S/C31H37NO5S2/c1-21-8-6-7-9-29(21)39(35,36)32-19-26(30(33)34)28(18-27(32)23-12-16-25(37-5)17-13-23)38-20-22-10-14-24(15-11-22)31(2,3)4/h6-17,26-28H,18-20H2,1-5H3,(H,33,34)/t26-,27+,28-/m1/s1. The monoisotopic (exact) mass is 567 g/mol. The molecule has 39 heavy (non-hydrogen) atoms. The van der Waals surface area contributed by atoms with Gasteiger partial charge in [-0.1, -0.05) is 75.4 Å². The minimum Gasteiger partial charge on any atom is -0.497 e. The van der Waals surface area contributed by atoms with Gasteiger partial charge in [0.25, 0.3) is 0 Å². The highest BCUT2D eigenvalue weighted by atomic mass is 32.2. The van der Waals surface area contributed by atoms with Crippen LogP contribution < -0.4 is 4.74 Å². The molecule has 208 valence electrons. The molecule has 1 saturated heterocycles. The lowest BCUT2D eigenvalue weighted by atomic mass is 9.87. The van der Waals surface area contributed by atoms with Crippen LogP contribution in [0.2, 0.25) is 0 Å². The van der Waals surface area contributed by atoms with Gasteiger partial charge in [-0.05, 0) is 59.2 Å². The smallest absolute Gasteiger partial charge is 0.308 e. The number of sulfonamides is 1. The van der Waals surface area contributed by atoms with Crippen LogP contribution in [0.25, 0.3) is 0 Å². The third-order valence-corrected chi connectivity index (χ3v) is 10.9. The van der Waals surface area contributed by atoms with E-state index in [1.807, 2.05) is 24.3 Å². The number of thioether (sulfide) groups is 1. The van der Waals surface area contributed by atoms with Crippen LogP contribution in [0.5, 0.6) is 5.75 Å². The molecule has 1 fully saturated rings. The largest absolute Gasteiger partial charge is 0.497 e. The van der Waals surface area contributed by atoms with Crippen molar-refractivity contribution in [2.24, 2.45) is 5.92 Å². The van der Waals surface area contributed by atoms with Crippen LogP contribution in [0, 0.1) is 12.8 Å². The highest BCUT2D eigenvalue weighted by molar-refractivity contribution is 7.99. The van der Waals surface area contributed by atoms with Crippen molar-refractivity contribution in [3.63, 3.8) is 0 Å².